The van der Waals surface area contributed by atoms with Crippen molar-refractivity contribution >= 4 is 47.4 Å². The molecule has 1 saturated heterocycles. The first-order valence-corrected chi connectivity index (χ1v) is 8.65. The van der Waals surface area contributed by atoms with Crippen molar-refractivity contribution in [3.63, 3.8) is 0 Å². The highest BCUT2D eigenvalue weighted by molar-refractivity contribution is 14.0. The maximum Gasteiger partial charge on any atom is 0.219 e. The third-order valence-electron chi connectivity index (χ3n) is 3.79. The van der Waals surface area contributed by atoms with E-state index in [1.54, 1.807) is 19.1 Å². The van der Waals surface area contributed by atoms with Gasteiger partial charge in [-0.05, 0) is 31.2 Å². The standard InChI is InChI=1S/C17H25ClN4O2.HI/c1-3-19-17(22-11-9-21(10-12-22)14(2)23)20-8-13-24-16-6-4-15(18)5-7-16;/h4-7H,3,8-13H2,1-2H3,(H,19,20);1H. The fourth-order valence-corrected chi connectivity index (χ4v) is 2.63. The summed E-state index contributed by atoms with van der Waals surface area (Å²) in [6.45, 7) is 8.61. The maximum absolute atomic E-state index is 11.4. The Bertz CT molecular complexity index is 560. The number of piperazine rings is 1. The number of halogens is 2. The van der Waals surface area contributed by atoms with E-state index >= 15 is 0 Å². The van der Waals surface area contributed by atoms with Crippen molar-refractivity contribution < 1.29 is 9.53 Å². The number of hydrogen-bond acceptors (Lipinski definition) is 3. The van der Waals surface area contributed by atoms with Gasteiger partial charge in [-0.3, -0.25) is 4.79 Å². The SMILES string of the molecule is CCNC(=NCCOc1ccc(Cl)cc1)N1CCN(C(C)=O)CC1.I. The third kappa shape index (κ3) is 7.27. The largest absolute Gasteiger partial charge is 0.492 e. The molecular formula is C17H26ClIN4O2. The van der Waals surface area contributed by atoms with Gasteiger partial charge in [-0.2, -0.15) is 0 Å². The molecule has 25 heavy (non-hydrogen) atoms. The molecule has 0 unspecified atom stereocenters. The molecule has 1 N–H and O–H groups in total. The summed E-state index contributed by atoms with van der Waals surface area (Å²) in [5.74, 6) is 1.79. The number of nitrogens with zero attached hydrogens (tertiary/aromatic N) is 3. The van der Waals surface area contributed by atoms with Crippen LogP contribution >= 0.6 is 35.6 Å². The molecule has 1 aliphatic heterocycles. The Morgan fingerprint density at radius 3 is 2.36 bits per heavy atom. The second-order valence-corrected chi connectivity index (χ2v) is 5.97. The molecule has 0 aromatic heterocycles. The van der Waals surface area contributed by atoms with E-state index in [-0.39, 0.29) is 29.9 Å². The van der Waals surface area contributed by atoms with E-state index in [9.17, 15) is 4.79 Å². The van der Waals surface area contributed by atoms with Crippen LogP contribution in [0.1, 0.15) is 13.8 Å². The van der Waals surface area contributed by atoms with Crippen LogP contribution in [0.5, 0.6) is 5.75 Å². The number of aliphatic imine (C=N–C) groups is 1. The Balaban J connectivity index is 0.00000312. The molecule has 0 bridgehead atoms. The lowest BCUT2D eigenvalue weighted by molar-refractivity contribution is -0.130. The first-order chi connectivity index (χ1) is 11.6. The van der Waals surface area contributed by atoms with Crippen molar-refractivity contribution in [1.82, 2.24) is 15.1 Å². The van der Waals surface area contributed by atoms with Gasteiger partial charge in [0.2, 0.25) is 5.91 Å². The normalized spacial score (nSPS) is 14.8. The maximum atomic E-state index is 11.4. The molecule has 1 fully saturated rings. The Morgan fingerprint density at radius 2 is 1.80 bits per heavy atom. The molecule has 0 radical (unpaired) electrons. The van der Waals surface area contributed by atoms with E-state index in [1.807, 2.05) is 24.0 Å². The number of nitrogens with one attached hydrogen (secondary N) is 1. The van der Waals surface area contributed by atoms with Crippen LogP contribution in [0.4, 0.5) is 0 Å². The minimum absolute atomic E-state index is 0. The fraction of sp³-hybridized carbons (Fsp3) is 0.529. The van der Waals surface area contributed by atoms with Crippen LogP contribution in [0.2, 0.25) is 5.02 Å². The summed E-state index contributed by atoms with van der Waals surface area (Å²) < 4.78 is 5.66. The van der Waals surface area contributed by atoms with Crippen LogP contribution in [0.25, 0.3) is 0 Å². The lowest BCUT2D eigenvalue weighted by Crippen LogP contribution is -2.53. The minimum Gasteiger partial charge on any atom is -0.492 e. The van der Waals surface area contributed by atoms with Gasteiger partial charge < -0.3 is 19.9 Å². The minimum atomic E-state index is 0. The number of carbonyl (C=O) groups excluding carboxylic acids is 1. The van der Waals surface area contributed by atoms with Gasteiger partial charge in [0.05, 0.1) is 6.54 Å². The molecule has 8 heteroatoms. The number of amides is 1. The second-order valence-electron chi connectivity index (χ2n) is 5.53. The number of rotatable bonds is 5. The topological polar surface area (TPSA) is 57.2 Å². The van der Waals surface area contributed by atoms with Crippen molar-refractivity contribution in [3.8, 4) is 5.75 Å². The molecule has 1 aromatic rings. The smallest absolute Gasteiger partial charge is 0.219 e. The molecule has 140 valence electrons. The lowest BCUT2D eigenvalue weighted by Gasteiger charge is -2.36. The average Bonchev–Trinajstić information content (AvgIpc) is 2.59. The van der Waals surface area contributed by atoms with Gasteiger partial charge in [0.15, 0.2) is 5.96 Å². The molecule has 6 nitrogen and oxygen atoms in total. The van der Waals surface area contributed by atoms with Gasteiger partial charge in [0.25, 0.3) is 0 Å². The molecule has 1 heterocycles. The summed E-state index contributed by atoms with van der Waals surface area (Å²) in [7, 11) is 0. The summed E-state index contributed by atoms with van der Waals surface area (Å²) in [6, 6.07) is 7.30. The highest BCUT2D eigenvalue weighted by Gasteiger charge is 2.20. The second kappa shape index (κ2) is 11.4. The number of guanidine groups is 1. The monoisotopic (exact) mass is 480 g/mol. The Hall–Kier alpha value is -1.22. The zero-order valence-electron chi connectivity index (χ0n) is 14.7. The lowest BCUT2D eigenvalue weighted by atomic mass is 10.3. The molecule has 2 rings (SSSR count). The van der Waals surface area contributed by atoms with Crippen LogP contribution < -0.4 is 10.1 Å². The average molecular weight is 481 g/mol. The number of ether oxygens (including phenoxy) is 1. The highest BCUT2D eigenvalue weighted by atomic mass is 127. The van der Waals surface area contributed by atoms with E-state index in [1.165, 1.54) is 0 Å². The third-order valence-corrected chi connectivity index (χ3v) is 4.05. The van der Waals surface area contributed by atoms with Crippen LogP contribution in [-0.4, -0.2) is 67.5 Å². The van der Waals surface area contributed by atoms with Crippen molar-refractivity contribution in [2.75, 3.05) is 45.9 Å². The highest BCUT2D eigenvalue weighted by Crippen LogP contribution is 2.15. The fourth-order valence-electron chi connectivity index (χ4n) is 2.50. The number of hydrogen-bond donors (Lipinski definition) is 1. The summed E-state index contributed by atoms with van der Waals surface area (Å²) in [6.07, 6.45) is 0. The van der Waals surface area contributed by atoms with E-state index in [4.69, 9.17) is 16.3 Å². The van der Waals surface area contributed by atoms with Crippen LogP contribution in [0.15, 0.2) is 29.3 Å². The zero-order valence-corrected chi connectivity index (χ0v) is 17.8. The van der Waals surface area contributed by atoms with E-state index in [0.29, 0.717) is 18.2 Å². The first kappa shape index (κ1) is 21.8. The molecule has 1 aromatic carbocycles. The van der Waals surface area contributed by atoms with Gasteiger partial charge in [0.1, 0.15) is 12.4 Å². The van der Waals surface area contributed by atoms with Gasteiger partial charge in [-0.25, -0.2) is 4.99 Å². The molecule has 0 spiro atoms. The molecular weight excluding hydrogens is 455 g/mol. The van der Waals surface area contributed by atoms with Gasteiger partial charge in [0, 0.05) is 44.7 Å². The van der Waals surface area contributed by atoms with E-state index in [0.717, 1.165) is 44.4 Å². The first-order valence-electron chi connectivity index (χ1n) is 8.27. The van der Waals surface area contributed by atoms with E-state index in [2.05, 4.69) is 15.2 Å². The predicted octanol–water partition coefficient (Wildman–Crippen LogP) is 2.47. The Morgan fingerprint density at radius 1 is 1.20 bits per heavy atom. The summed E-state index contributed by atoms with van der Waals surface area (Å²) >= 11 is 5.85. The van der Waals surface area contributed by atoms with Crippen LogP contribution in [0.3, 0.4) is 0 Å². The number of carbonyl (C=O) groups is 1. The van der Waals surface area contributed by atoms with Crippen molar-refractivity contribution in [2.24, 2.45) is 4.99 Å². The van der Waals surface area contributed by atoms with E-state index < -0.39 is 0 Å². The summed E-state index contributed by atoms with van der Waals surface area (Å²) in [5.41, 5.74) is 0. The summed E-state index contributed by atoms with van der Waals surface area (Å²) in [4.78, 5) is 20.1. The van der Waals surface area contributed by atoms with Crippen molar-refractivity contribution in [2.45, 2.75) is 13.8 Å². The van der Waals surface area contributed by atoms with Crippen LogP contribution in [0, 0.1) is 0 Å². The van der Waals surface area contributed by atoms with Crippen molar-refractivity contribution in [1.29, 1.82) is 0 Å². The van der Waals surface area contributed by atoms with Gasteiger partial charge in [-0.15, -0.1) is 24.0 Å². The molecule has 0 saturated carbocycles. The molecule has 1 amide bonds. The quantitative estimate of drug-likeness (QED) is 0.304. The number of benzene rings is 1. The van der Waals surface area contributed by atoms with Gasteiger partial charge in [-0.1, -0.05) is 11.6 Å². The van der Waals surface area contributed by atoms with Gasteiger partial charge >= 0.3 is 0 Å². The zero-order chi connectivity index (χ0) is 17.4. The Labute approximate surface area is 171 Å². The Kier molecular flexibility index (Phi) is 9.96. The van der Waals surface area contributed by atoms with Crippen molar-refractivity contribution in [3.05, 3.63) is 29.3 Å². The molecule has 0 atom stereocenters. The van der Waals surface area contributed by atoms with Crippen LogP contribution in [-0.2, 0) is 4.79 Å². The predicted molar refractivity (Wildman–Crippen MR) is 112 cm³/mol. The molecule has 1 aliphatic rings. The summed E-state index contributed by atoms with van der Waals surface area (Å²) in [5, 5.41) is 4.00. The molecule has 0 aliphatic carbocycles.